The Morgan fingerprint density at radius 2 is 2.57 bits per heavy atom. The molecule has 0 rings (SSSR count). The number of hydrogen-bond donors (Lipinski definition) is 0. The Morgan fingerprint density at radius 1 is 1.86 bits per heavy atom. The summed E-state index contributed by atoms with van der Waals surface area (Å²) in [7, 11) is 0. The van der Waals surface area contributed by atoms with Gasteiger partial charge in [0.15, 0.2) is 0 Å². The van der Waals surface area contributed by atoms with E-state index < -0.39 is 0 Å². The first-order chi connectivity index (χ1) is 3.41. The molecule has 0 aliphatic heterocycles. The van der Waals surface area contributed by atoms with Gasteiger partial charge in [-0.15, -0.1) is 0 Å². The van der Waals surface area contributed by atoms with Crippen LogP contribution in [0.1, 0.15) is 13.3 Å². The number of hydrogen-bond acceptors (Lipinski definition) is 1. The fourth-order valence-corrected chi connectivity index (χ4v) is 1.20. The Bertz CT molecular complexity index is 45.3. The van der Waals surface area contributed by atoms with Crippen molar-refractivity contribution in [3.05, 3.63) is 12.8 Å². The summed E-state index contributed by atoms with van der Waals surface area (Å²) in [6.07, 6.45) is 2.79. The Hall–Kier alpha value is 0.270. The second kappa shape index (κ2) is 6.27. The molecule has 44 valence electrons. The number of alkyl halides is 1. The van der Waals surface area contributed by atoms with Crippen molar-refractivity contribution in [2.45, 2.75) is 13.3 Å². The van der Waals surface area contributed by atoms with E-state index in [4.69, 9.17) is 3.07 Å². The molecule has 0 radical (unpaired) electrons. The predicted octanol–water partition coefficient (Wildman–Crippen LogP) is 2.17. The summed E-state index contributed by atoms with van der Waals surface area (Å²) >= 11 is -0.141. The monoisotopic (exact) mass is 214 g/mol. The minimum atomic E-state index is -0.141. The molecule has 1 nitrogen and oxygen atoms in total. The Balaban J connectivity index is 2.56. The molecule has 0 fully saturated rings. The van der Waals surface area contributed by atoms with E-state index in [0.29, 0.717) is 0 Å². The molecule has 0 spiro atoms. The Kier molecular flexibility index (Phi) is 6.51. The molecule has 0 unspecified atom stereocenters. The van der Waals surface area contributed by atoms with Gasteiger partial charge in [-0.2, -0.15) is 0 Å². The number of halogens is 1. The van der Waals surface area contributed by atoms with Crippen LogP contribution in [0, 0.1) is 0 Å². The van der Waals surface area contributed by atoms with Crippen LogP contribution in [-0.2, 0) is 3.07 Å². The van der Waals surface area contributed by atoms with Gasteiger partial charge in [0.05, 0.1) is 0 Å². The normalized spacial score (nSPS) is 8.71. The average molecular weight is 214 g/mol. The first-order valence-corrected chi connectivity index (χ1v) is 4.91. The van der Waals surface area contributed by atoms with Crippen molar-refractivity contribution in [1.29, 1.82) is 0 Å². The molecule has 7 heavy (non-hydrogen) atoms. The molecule has 0 saturated heterocycles. The molecular weight excluding hydrogens is 203 g/mol. The first kappa shape index (κ1) is 7.27. The van der Waals surface area contributed by atoms with Crippen LogP contribution >= 0.6 is 21.6 Å². The maximum absolute atomic E-state index is 4.97. The molecule has 2 heteroatoms. The first-order valence-electron chi connectivity index (χ1n) is 2.31. The molecule has 0 aliphatic rings. The topological polar surface area (TPSA) is 9.23 Å². The van der Waals surface area contributed by atoms with Crippen molar-refractivity contribution in [3.8, 4) is 0 Å². The van der Waals surface area contributed by atoms with E-state index in [1.807, 2.05) is 0 Å². The molecule has 0 aromatic heterocycles. The summed E-state index contributed by atoms with van der Waals surface area (Å²) < 4.78 is 6.23. The molecule has 0 N–H and O–H groups in total. The summed E-state index contributed by atoms with van der Waals surface area (Å²) in [6.45, 7) is 5.61. The summed E-state index contributed by atoms with van der Waals surface area (Å²) in [5.74, 6) is 0. The van der Waals surface area contributed by atoms with E-state index in [1.165, 1.54) is 17.1 Å². The van der Waals surface area contributed by atoms with Gasteiger partial charge in [0, 0.05) is 0 Å². The zero-order valence-corrected chi connectivity index (χ0v) is 6.85. The SMILES string of the molecule is C=CO[IH]CCC. The molecule has 0 bridgehead atoms. The summed E-state index contributed by atoms with van der Waals surface area (Å²) in [5.41, 5.74) is 0. The van der Waals surface area contributed by atoms with Crippen molar-refractivity contribution in [3.63, 3.8) is 0 Å². The van der Waals surface area contributed by atoms with E-state index in [9.17, 15) is 0 Å². The van der Waals surface area contributed by atoms with E-state index in [1.54, 1.807) is 0 Å². The predicted molar refractivity (Wildman–Crippen MR) is 41.9 cm³/mol. The van der Waals surface area contributed by atoms with Gasteiger partial charge in [-0.3, -0.25) is 0 Å². The minimum absolute atomic E-state index is 0.141. The van der Waals surface area contributed by atoms with Crippen LogP contribution < -0.4 is 0 Å². The van der Waals surface area contributed by atoms with Crippen LogP contribution in [0.3, 0.4) is 0 Å². The van der Waals surface area contributed by atoms with Gasteiger partial charge in [-0.25, -0.2) is 0 Å². The number of rotatable bonds is 4. The van der Waals surface area contributed by atoms with E-state index in [-0.39, 0.29) is 21.6 Å². The van der Waals surface area contributed by atoms with Gasteiger partial charge in [0.25, 0.3) is 0 Å². The fraction of sp³-hybridized carbons (Fsp3) is 0.600. The van der Waals surface area contributed by atoms with Gasteiger partial charge in [-0.05, 0) is 0 Å². The van der Waals surface area contributed by atoms with Crippen molar-refractivity contribution < 1.29 is 3.07 Å². The second-order valence-corrected chi connectivity index (χ2v) is 3.47. The quantitative estimate of drug-likeness (QED) is 0.301. The van der Waals surface area contributed by atoms with Gasteiger partial charge in [0.1, 0.15) is 0 Å². The Labute approximate surface area is 55.6 Å². The van der Waals surface area contributed by atoms with Crippen LogP contribution in [-0.4, -0.2) is 4.43 Å². The van der Waals surface area contributed by atoms with Crippen molar-refractivity contribution in [2.24, 2.45) is 0 Å². The van der Waals surface area contributed by atoms with Crippen LogP contribution in [0.2, 0.25) is 0 Å². The zero-order valence-electron chi connectivity index (χ0n) is 4.52. The third-order valence-corrected chi connectivity index (χ3v) is 2.84. The average Bonchev–Trinajstić information content (AvgIpc) is 1.69. The summed E-state index contributed by atoms with van der Waals surface area (Å²) in [5, 5.41) is 0. The summed E-state index contributed by atoms with van der Waals surface area (Å²) in [4.78, 5) is 0. The maximum atomic E-state index is 4.97. The molecule has 0 heterocycles. The van der Waals surface area contributed by atoms with E-state index in [0.717, 1.165) is 0 Å². The van der Waals surface area contributed by atoms with Crippen molar-refractivity contribution >= 4 is 21.6 Å². The van der Waals surface area contributed by atoms with Gasteiger partial charge in [-0.1, -0.05) is 0 Å². The van der Waals surface area contributed by atoms with Crippen molar-refractivity contribution in [1.82, 2.24) is 0 Å². The van der Waals surface area contributed by atoms with Gasteiger partial charge < -0.3 is 0 Å². The van der Waals surface area contributed by atoms with Crippen LogP contribution in [0.25, 0.3) is 0 Å². The second-order valence-electron chi connectivity index (χ2n) is 1.08. The molecule has 0 aromatic carbocycles. The Morgan fingerprint density at radius 3 is 3.00 bits per heavy atom. The molecule has 0 aromatic rings. The standard InChI is InChI=1S/C5H11IO/c1-3-5-6-7-4-2/h4,6H,2-3,5H2,1H3. The van der Waals surface area contributed by atoms with E-state index in [2.05, 4.69) is 13.5 Å². The van der Waals surface area contributed by atoms with Gasteiger partial charge in [0.2, 0.25) is 0 Å². The molecular formula is C5H11IO. The fourth-order valence-electron chi connectivity index (χ4n) is 0.180. The van der Waals surface area contributed by atoms with Crippen LogP contribution in [0.5, 0.6) is 0 Å². The third kappa shape index (κ3) is 6.27. The zero-order chi connectivity index (χ0) is 5.54. The van der Waals surface area contributed by atoms with Crippen LogP contribution in [0.15, 0.2) is 12.8 Å². The third-order valence-electron chi connectivity index (χ3n) is 0.424. The van der Waals surface area contributed by atoms with E-state index >= 15 is 0 Å². The molecule has 0 aliphatic carbocycles. The molecule has 0 saturated carbocycles. The molecule has 0 atom stereocenters. The van der Waals surface area contributed by atoms with Gasteiger partial charge >= 0.3 is 55.3 Å². The van der Waals surface area contributed by atoms with Crippen LogP contribution in [0.4, 0.5) is 0 Å². The molecule has 0 amide bonds. The summed E-state index contributed by atoms with van der Waals surface area (Å²) in [6, 6.07) is 0. The van der Waals surface area contributed by atoms with Crippen molar-refractivity contribution in [2.75, 3.05) is 4.43 Å².